The zero-order chi connectivity index (χ0) is 15.2. The van der Waals surface area contributed by atoms with E-state index in [4.69, 9.17) is 0 Å². The highest BCUT2D eigenvalue weighted by atomic mass is 79.9. The summed E-state index contributed by atoms with van der Waals surface area (Å²) in [6.45, 7) is 8.93. The van der Waals surface area contributed by atoms with E-state index in [0.29, 0.717) is 16.9 Å². The summed E-state index contributed by atoms with van der Waals surface area (Å²) in [5.74, 6) is 2.84. The van der Waals surface area contributed by atoms with E-state index in [2.05, 4.69) is 45.1 Å². The minimum absolute atomic E-state index is 0.0666. The smallest absolute Gasteiger partial charge is 0.283 e. The van der Waals surface area contributed by atoms with Crippen LogP contribution >= 0.6 is 27.7 Å². The Morgan fingerprint density at radius 3 is 2.81 bits per heavy atom. The van der Waals surface area contributed by atoms with Crippen LogP contribution in [0.25, 0.3) is 0 Å². The van der Waals surface area contributed by atoms with E-state index >= 15 is 0 Å². The topological polar surface area (TPSA) is 50.2 Å². The van der Waals surface area contributed by atoms with Gasteiger partial charge in [0.25, 0.3) is 5.56 Å². The van der Waals surface area contributed by atoms with Crippen LogP contribution < -0.4 is 10.9 Å². The maximum Gasteiger partial charge on any atom is 0.283 e. The van der Waals surface area contributed by atoms with E-state index in [1.54, 1.807) is 6.20 Å². The quantitative estimate of drug-likeness (QED) is 0.826. The molecule has 2 rings (SSSR count). The van der Waals surface area contributed by atoms with Gasteiger partial charge in [-0.15, -0.1) is 0 Å². The van der Waals surface area contributed by atoms with Gasteiger partial charge < -0.3 is 5.32 Å². The van der Waals surface area contributed by atoms with Crippen LogP contribution in [-0.2, 0) is 6.54 Å². The Labute approximate surface area is 138 Å². The van der Waals surface area contributed by atoms with Gasteiger partial charge in [0.1, 0.15) is 4.47 Å². The maximum atomic E-state index is 12.2. The monoisotopic (exact) mass is 374 g/mol. The Morgan fingerprint density at radius 2 is 2.14 bits per heavy atom. The number of nitrogens with zero attached hydrogens (tertiary/aromatic N) is 3. The van der Waals surface area contributed by atoms with Gasteiger partial charge in [0.05, 0.1) is 11.9 Å². The average Bonchev–Trinajstić information content (AvgIpc) is 2.47. The van der Waals surface area contributed by atoms with Crippen molar-refractivity contribution in [2.75, 3.05) is 43.0 Å². The van der Waals surface area contributed by atoms with Crippen molar-refractivity contribution in [1.29, 1.82) is 0 Å². The standard InChI is InChI=1S/C14H23BrN4OS/c1-11(2)10-19-14(20)13(15)12(9-17-19)16-3-4-18-5-7-21-8-6-18/h9,11,16H,3-8,10H2,1-2H3. The van der Waals surface area contributed by atoms with Crippen molar-refractivity contribution in [1.82, 2.24) is 14.7 Å². The number of nitrogens with one attached hydrogen (secondary N) is 1. The van der Waals surface area contributed by atoms with E-state index in [-0.39, 0.29) is 5.56 Å². The SMILES string of the molecule is CC(C)Cn1ncc(NCCN2CCSCC2)c(Br)c1=O. The summed E-state index contributed by atoms with van der Waals surface area (Å²) in [6.07, 6.45) is 1.74. The predicted molar refractivity (Wildman–Crippen MR) is 93.3 cm³/mol. The molecule has 2 heterocycles. The molecule has 1 N–H and O–H groups in total. The average molecular weight is 375 g/mol. The van der Waals surface area contributed by atoms with Crippen LogP contribution in [0.3, 0.4) is 0 Å². The fourth-order valence-corrected chi connectivity index (χ4v) is 3.66. The Morgan fingerprint density at radius 1 is 1.43 bits per heavy atom. The number of aromatic nitrogens is 2. The molecule has 0 saturated carbocycles. The van der Waals surface area contributed by atoms with E-state index in [1.165, 1.54) is 16.2 Å². The van der Waals surface area contributed by atoms with Crippen molar-refractivity contribution in [3.05, 3.63) is 21.0 Å². The number of halogens is 1. The molecule has 5 nitrogen and oxygen atoms in total. The van der Waals surface area contributed by atoms with Crippen LogP contribution in [0, 0.1) is 5.92 Å². The molecule has 0 aromatic carbocycles. The van der Waals surface area contributed by atoms with E-state index in [1.807, 2.05) is 11.8 Å². The minimum Gasteiger partial charge on any atom is -0.381 e. The number of hydrogen-bond donors (Lipinski definition) is 1. The molecular weight excluding hydrogens is 352 g/mol. The van der Waals surface area contributed by atoms with Gasteiger partial charge in [-0.25, -0.2) is 4.68 Å². The fraction of sp³-hybridized carbons (Fsp3) is 0.714. The molecule has 1 aliphatic rings. The molecule has 1 fully saturated rings. The lowest BCUT2D eigenvalue weighted by Crippen LogP contribution is -2.36. The molecule has 118 valence electrons. The molecule has 1 aromatic rings. The third kappa shape index (κ3) is 5.00. The lowest BCUT2D eigenvalue weighted by molar-refractivity contribution is 0.314. The summed E-state index contributed by atoms with van der Waals surface area (Å²) in [7, 11) is 0. The van der Waals surface area contributed by atoms with Crippen LogP contribution in [0.4, 0.5) is 5.69 Å². The van der Waals surface area contributed by atoms with E-state index in [9.17, 15) is 4.79 Å². The van der Waals surface area contributed by atoms with Crippen molar-refractivity contribution in [3.63, 3.8) is 0 Å². The number of thioether (sulfide) groups is 1. The minimum atomic E-state index is -0.0666. The van der Waals surface area contributed by atoms with Crippen molar-refractivity contribution < 1.29 is 0 Å². The highest BCUT2D eigenvalue weighted by molar-refractivity contribution is 9.10. The molecule has 0 atom stereocenters. The van der Waals surface area contributed by atoms with Gasteiger partial charge in [0, 0.05) is 44.2 Å². The molecule has 7 heteroatoms. The van der Waals surface area contributed by atoms with Crippen molar-refractivity contribution in [2.24, 2.45) is 5.92 Å². The number of hydrogen-bond acceptors (Lipinski definition) is 5. The Bertz CT molecular complexity index is 514. The normalized spacial score (nSPS) is 16.4. The summed E-state index contributed by atoms with van der Waals surface area (Å²) in [5, 5.41) is 7.55. The fourth-order valence-electron chi connectivity index (χ4n) is 2.24. The summed E-state index contributed by atoms with van der Waals surface area (Å²) in [4.78, 5) is 14.6. The predicted octanol–water partition coefficient (Wildman–Crippen LogP) is 2.12. The van der Waals surface area contributed by atoms with Gasteiger partial charge >= 0.3 is 0 Å². The zero-order valence-electron chi connectivity index (χ0n) is 12.6. The lowest BCUT2D eigenvalue weighted by atomic mass is 10.2. The number of anilines is 1. The Balaban J connectivity index is 1.91. The molecule has 0 radical (unpaired) electrons. The molecule has 0 unspecified atom stereocenters. The first-order valence-corrected chi connectivity index (χ1v) is 9.32. The second-order valence-corrected chi connectivity index (χ2v) is 7.65. The molecule has 0 aliphatic carbocycles. The molecular formula is C14H23BrN4OS. The molecule has 0 bridgehead atoms. The van der Waals surface area contributed by atoms with Gasteiger partial charge in [0.15, 0.2) is 0 Å². The van der Waals surface area contributed by atoms with Crippen molar-refractivity contribution in [2.45, 2.75) is 20.4 Å². The molecule has 1 aliphatic heterocycles. The van der Waals surface area contributed by atoms with Gasteiger partial charge in [-0.05, 0) is 21.8 Å². The first-order chi connectivity index (χ1) is 10.1. The molecule has 0 spiro atoms. The molecule has 0 amide bonds. The van der Waals surface area contributed by atoms with Gasteiger partial charge in [-0.3, -0.25) is 9.69 Å². The molecule has 21 heavy (non-hydrogen) atoms. The first kappa shape index (κ1) is 16.8. The van der Waals surface area contributed by atoms with E-state index < -0.39 is 0 Å². The van der Waals surface area contributed by atoms with Crippen molar-refractivity contribution in [3.8, 4) is 0 Å². The summed E-state index contributed by atoms with van der Waals surface area (Å²) >= 11 is 5.41. The second-order valence-electron chi connectivity index (χ2n) is 5.63. The van der Waals surface area contributed by atoms with E-state index in [0.717, 1.165) is 31.9 Å². The number of rotatable bonds is 6. The van der Waals surface area contributed by atoms with Gasteiger partial charge in [-0.2, -0.15) is 16.9 Å². The maximum absolute atomic E-state index is 12.2. The first-order valence-electron chi connectivity index (χ1n) is 7.37. The molecule has 1 aromatic heterocycles. The Hall–Kier alpha value is -0.530. The largest absolute Gasteiger partial charge is 0.381 e. The lowest BCUT2D eigenvalue weighted by Gasteiger charge is -2.26. The van der Waals surface area contributed by atoms with Crippen LogP contribution in [0.5, 0.6) is 0 Å². The third-order valence-corrected chi connectivity index (χ3v) is 5.08. The summed E-state index contributed by atoms with van der Waals surface area (Å²) < 4.78 is 2.09. The van der Waals surface area contributed by atoms with Crippen LogP contribution in [0.15, 0.2) is 15.5 Å². The molecule has 1 saturated heterocycles. The van der Waals surface area contributed by atoms with Crippen LogP contribution in [-0.4, -0.2) is 52.4 Å². The van der Waals surface area contributed by atoms with Crippen LogP contribution in [0.2, 0.25) is 0 Å². The highest BCUT2D eigenvalue weighted by Crippen LogP contribution is 2.16. The summed E-state index contributed by atoms with van der Waals surface area (Å²) in [6, 6.07) is 0. The second kappa shape index (κ2) is 8.19. The third-order valence-electron chi connectivity index (χ3n) is 3.37. The van der Waals surface area contributed by atoms with Gasteiger partial charge in [-0.1, -0.05) is 13.8 Å². The highest BCUT2D eigenvalue weighted by Gasteiger charge is 2.12. The Kier molecular flexibility index (Phi) is 6.57. The van der Waals surface area contributed by atoms with Crippen LogP contribution in [0.1, 0.15) is 13.8 Å². The van der Waals surface area contributed by atoms with Gasteiger partial charge in [0.2, 0.25) is 0 Å². The zero-order valence-corrected chi connectivity index (χ0v) is 15.0. The summed E-state index contributed by atoms with van der Waals surface area (Å²) in [5.41, 5.74) is 0.717. The van der Waals surface area contributed by atoms with Crippen molar-refractivity contribution >= 4 is 33.4 Å².